The largest absolute Gasteiger partial charge is 0.507 e. The molecule has 0 saturated carbocycles. The third-order valence-electron chi connectivity index (χ3n) is 3.38. The Kier molecular flexibility index (Phi) is 3.28. The maximum atomic E-state index is 10.9. The van der Waals surface area contributed by atoms with Gasteiger partial charge in [0.1, 0.15) is 12.0 Å². The SMILES string of the molecule is COc1ncc(-c2cccc(C=O)c2)c2c(O)cccc12. The Morgan fingerprint density at radius 2 is 2.00 bits per heavy atom. The monoisotopic (exact) mass is 279 g/mol. The summed E-state index contributed by atoms with van der Waals surface area (Å²) in [6.45, 7) is 0. The number of hydrogen-bond donors (Lipinski definition) is 1. The van der Waals surface area contributed by atoms with E-state index >= 15 is 0 Å². The van der Waals surface area contributed by atoms with Crippen LogP contribution in [0, 0.1) is 0 Å². The summed E-state index contributed by atoms with van der Waals surface area (Å²) in [6, 6.07) is 12.4. The zero-order chi connectivity index (χ0) is 14.8. The first-order valence-electron chi connectivity index (χ1n) is 6.45. The molecule has 0 amide bonds. The number of phenolic OH excluding ortho intramolecular Hbond substituents is 1. The maximum absolute atomic E-state index is 10.9. The van der Waals surface area contributed by atoms with Crippen molar-refractivity contribution in [2.24, 2.45) is 0 Å². The fourth-order valence-electron chi connectivity index (χ4n) is 2.42. The fraction of sp³-hybridized carbons (Fsp3) is 0.0588. The minimum atomic E-state index is 0.153. The molecular weight excluding hydrogens is 266 g/mol. The highest BCUT2D eigenvalue weighted by molar-refractivity contribution is 6.03. The van der Waals surface area contributed by atoms with Crippen molar-refractivity contribution in [1.29, 1.82) is 0 Å². The molecule has 4 nitrogen and oxygen atoms in total. The van der Waals surface area contributed by atoms with Crippen LogP contribution in [0.25, 0.3) is 21.9 Å². The number of phenols is 1. The van der Waals surface area contributed by atoms with E-state index in [1.165, 1.54) is 0 Å². The van der Waals surface area contributed by atoms with Gasteiger partial charge in [-0.3, -0.25) is 4.79 Å². The predicted octanol–water partition coefficient (Wildman–Crippen LogP) is 3.43. The molecule has 0 fully saturated rings. The van der Waals surface area contributed by atoms with Gasteiger partial charge in [0.05, 0.1) is 7.11 Å². The van der Waals surface area contributed by atoms with Gasteiger partial charge in [0.15, 0.2) is 0 Å². The second-order valence-electron chi connectivity index (χ2n) is 4.62. The second-order valence-corrected chi connectivity index (χ2v) is 4.62. The van der Waals surface area contributed by atoms with E-state index in [1.54, 1.807) is 43.6 Å². The number of rotatable bonds is 3. The summed E-state index contributed by atoms with van der Waals surface area (Å²) in [4.78, 5) is 15.2. The van der Waals surface area contributed by atoms with Crippen molar-refractivity contribution in [1.82, 2.24) is 4.98 Å². The van der Waals surface area contributed by atoms with E-state index in [9.17, 15) is 9.90 Å². The van der Waals surface area contributed by atoms with Crippen molar-refractivity contribution in [3.05, 3.63) is 54.2 Å². The maximum Gasteiger partial charge on any atom is 0.221 e. The van der Waals surface area contributed by atoms with E-state index in [4.69, 9.17) is 4.74 Å². The summed E-state index contributed by atoms with van der Waals surface area (Å²) in [5, 5.41) is 11.6. The third kappa shape index (κ3) is 2.21. The molecule has 0 unspecified atom stereocenters. The Balaban J connectivity index is 2.35. The van der Waals surface area contributed by atoms with Gasteiger partial charge < -0.3 is 9.84 Å². The zero-order valence-electron chi connectivity index (χ0n) is 11.4. The first-order valence-corrected chi connectivity index (χ1v) is 6.45. The second kappa shape index (κ2) is 5.25. The topological polar surface area (TPSA) is 59.4 Å². The van der Waals surface area contributed by atoms with E-state index in [-0.39, 0.29) is 5.75 Å². The lowest BCUT2D eigenvalue weighted by Gasteiger charge is -2.11. The number of carbonyl (C=O) groups is 1. The van der Waals surface area contributed by atoms with Crippen molar-refractivity contribution in [3.8, 4) is 22.8 Å². The molecule has 21 heavy (non-hydrogen) atoms. The van der Waals surface area contributed by atoms with Crippen molar-refractivity contribution in [2.45, 2.75) is 0 Å². The number of carbonyl (C=O) groups excluding carboxylic acids is 1. The molecule has 1 aromatic heterocycles. The molecule has 3 rings (SSSR count). The van der Waals surface area contributed by atoms with Crippen LogP contribution < -0.4 is 4.74 Å². The van der Waals surface area contributed by atoms with Crippen LogP contribution >= 0.6 is 0 Å². The molecular formula is C17H13NO3. The van der Waals surface area contributed by atoms with Gasteiger partial charge in [0.2, 0.25) is 5.88 Å². The van der Waals surface area contributed by atoms with Crippen LogP contribution in [-0.2, 0) is 0 Å². The number of aromatic nitrogens is 1. The number of aromatic hydroxyl groups is 1. The molecule has 4 heteroatoms. The summed E-state index contributed by atoms with van der Waals surface area (Å²) in [6.07, 6.45) is 2.44. The lowest BCUT2D eigenvalue weighted by atomic mass is 9.98. The van der Waals surface area contributed by atoms with Crippen LogP contribution in [0.2, 0.25) is 0 Å². The summed E-state index contributed by atoms with van der Waals surface area (Å²) in [7, 11) is 1.54. The third-order valence-corrected chi connectivity index (χ3v) is 3.38. The van der Waals surface area contributed by atoms with Gasteiger partial charge in [-0.25, -0.2) is 4.98 Å². The number of nitrogens with zero attached hydrogens (tertiary/aromatic N) is 1. The molecule has 1 N–H and O–H groups in total. The highest BCUT2D eigenvalue weighted by Crippen LogP contribution is 2.37. The molecule has 0 spiro atoms. The van der Waals surface area contributed by atoms with E-state index in [2.05, 4.69) is 4.98 Å². The van der Waals surface area contributed by atoms with Gasteiger partial charge in [-0.15, -0.1) is 0 Å². The molecule has 0 bridgehead atoms. The summed E-state index contributed by atoms with van der Waals surface area (Å²) in [5.74, 6) is 0.607. The smallest absolute Gasteiger partial charge is 0.221 e. The number of ether oxygens (including phenoxy) is 1. The Bertz CT molecular complexity index is 827. The van der Waals surface area contributed by atoms with E-state index in [1.807, 2.05) is 12.1 Å². The van der Waals surface area contributed by atoms with Crippen molar-refractivity contribution < 1.29 is 14.6 Å². The van der Waals surface area contributed by atoms with Crippen LogP contribution in [0.3, 0.4) is 0 Å². The number of pyridine rings is 1. The number of hydrogen-bond acceptors (Lipinski definition) is 4. The Morgan fingerprint density at radius 1 is 1.19 bits per heavy atom. The van der Waals surface area contributed by atoms with Crippen LogP contribution in [0.5, 0.6) is 11.6 Å². The van der Waals surface area contributed by atoms with Crippen LogP contribution in [0.4, 0.5) is 0 Å². The zero-order valence-corrected chi connectivity index (χ0v) is 11.4. The molecule has 2 aromatic carbocycles. The Morgan fingerprint density at radius 3 is 2.76 bits per heavy atom. The fourth-order valence-corrected chi connectivity index (χ4v) is 2.42. The molecule has 3 aromatic rings. The molecule has 1 heterocycles. The molecule has 0 aliphatic rings. The molecule has 0 saturated heterocycles. The highest BCUT2D eigenvalue weighted by Gasteiger charge is 2.13. The predicted molar refractivity (Wildman–Crippen MR) is 80.8 cm³/mol. The lowest BCUT2D eigenvalue weighted by molar-refractivity contribution is 0.112. The summed E-state index contributed by atoms with van der Waals surface area (Å²) in [5.41, 5.74) is 2.15. The molecule has 0 radical (unpaired) electrons. The van der Waals surface area contributed by atoms with Gasteiger partial charge in [0, 0.05) is 28.1 Å². The lowest BCUT2D eigenvalue weighted by Crippen LogP contribution is -1.92. The van der Waals surface area contributed by atoms with E-state index < -0.39 is 0 Å². The number of benzene rings is 2. The Labute approximate surface area is 121 Å². The van der Waals surface area contributed by atoms with Gasteiger partial charge >= 0.3 is 0 Å². The quantitative estimate of drug-likeness (QED) is 0.746. The number of fused-ring (bicyclic) bond motifs is 1. The first kappa shape index (κ1) is 13.1. The average Bonchev–Trinajstić information content (AvgIpc) is 2.54. The molecule has 0 atom stereocenters. The van der Waals surface area contributed by atoms with Crippen LogP contribution in [0.1, 0.15) is 10.4 Å². The Hall–Kier alpha value is -2.88. The van der Waals surface area contributed by atoms with Gasteiger partial charge in [-0.05, 0) is 23.8 Å². The van der Waals surface area contributed by atoms with Gasteiger partial charge in [-0.1, -0.05) is 24.3 Å². The van der Waals surface area contributed by atoms with Gasteiger partial charge in [0.25, 0.3) is 0 Å². The molecule has 0 aliphatic heterocycles. The number of aldehydes is 1. The number of methoxy groups -OCH3 is 1. The molecule has 104 valence electrons. The summed E-state index contributed by atoms with van der Waals surface area (Å²) >= 11 is 0. The average molecular weight is 279 g/mol. The highest BCUT2D eigenvalue weighted by atomic mass is 16.5. The minimum Gasteiger partial charge on any atom is -0.507 e. The van der Waals surface area contributed by atoms with Crippen LogP contribution in [-0.4, -0.2) is 23.5 Å². The van der Waals surface area contributed by atoms with Crippen molar-refractivity contribution >= 4 is 17.1 Å². The van der Waals surface area contributed by atoms with Crippen LogP contribution in [0.15, 0.2) is 48.7 Å². The molecule has 0 aliphatic carbocycles. The normalized spacial score (nSPS) is 10.5. The standard InChI is InChI=1S/C17H13NO3/c1-21-17-13-6-3-7-15(20)16(13)14(9-18-17)12-5-2-4-11(8-12)10-19/h2-10,20H,1H3. The van der Waals surface area contributed by atoms with E-state index in [0.29, 0.717) is 16.8 Å². The van der Waals surface area contributed by atoms with E-state index in [0.717, 1.165) is 22.8 Å². The van der Waals surface area contributed by atoms with Crippen molar-refractivity contribution in [3.63, 3.8) is 0 Å². The van der Waals surface area contributed by atoms with Gasteiger partial charge in [-0.2, -0.15) is 0 Å². The first-order chi connectivity index (χ1) is 10.2. The van der Waals surface area contributed by atoms with Crippen molar-refractivity contribution in [2.75, 3.05) is 7.11 Å². The minimum absolute atomic E-state index is 0.153. The summed E-state index contributed by atoms with van der Waals surface area (Å²) < 4.78 is 5.24.